The van der Waals surface area contributed by atoms with Gasteiger partial charge in [0.05, 0.1) is 0 Å². The third-order valence-electron chi connectivity index (χ3n) is 5.26. The summed E-state index contributed by atoms with van der Waals surface area (Å²) < 4.78 is 0. The van der Waals surface area contributed by atoms with E-state index < -0.39 is 0 Å². The molecule has 0 fully saturated rings. The fraction of sp³-hybridized carbons (Fsp3) is 0.652. The first-order valence-electron chi connectivity index (χ1n) is 9.63. The molecule has 0 bridgehead atoms. The standard InChI is InChI=1S/C23H38/c1-6-19(2)11-9-12-20(3)13-10-14-21(4)17-18-23-16-8-7-15-22(23)5/h6,12,14H,7-11,13,15-18H2,1-5H3/b19-6+,20-12+,21-14+. The quantitative estimate of drug-likeness (QED) is 0.377. The van der Waals surface area contributed by atoms with E-state index in [2.05, 4.69) is 52.8 Å². The first-order valence-corrected chi connectivity index (χ1v) is 9.63. The molecule has 0 aliphatic heterocycles. The SMILES string of the molecule is C/C=C(\C)CC/C=C(\C)CC/C=C(\C)CCC1=C(C)CCCC1. The van der Waals surface area contributed by atoms with Gasteiger partial charge in [0.15, 0.2) is 0 Å². The Kier molecular flexibility index (Phi) is 9.99. The summed E-state index contributed by atoms with van der Waals surface area (Å²) in [5, 5.41) is 0. The number of hydrogen-bond donors (Lipinski definition) is 0. The number of allylic oxidation sites excluding steroid dienone is 8. The molecule has 0 aromatic carbocycles. The molecule has 0 aromatic heterocycles. The summed E-state index contributed by atoms with van der Waals surface area (Å²) in [6, 6.07) is 0. The summed E-state index contributed by atoms with van der Waals surface area (Å²) >= 11 is 0. The van der Waals surface area contributed by atoms with Crippen LogP contribution in [-0.4, -0.2) is 0 Å². The maximum atomic E-state index is 2.47. The normalized spacial score (nSPS) is 17.9. The number of rotatable bonds is 9. The van der Waals surface area contributed by atoms with Crippen LogP contribution in [0.15, 0.2) is 46.1 Å². The Labute approximate surface area is 145 Å². The van der Waals surface area contributed by atoms with Gasteiger partial charge in [0.2, 0.25) is 0 Å². The minimum absolute atomic E-state index is 1.19. The molecule has 0 unspecified atom stereocenters. The van der Waals surface area contributed by atoms with Crippen molar-refractivity contribution in [1.29, 1.82) is 0 Å². The van der Waals surface area contributed by atoms with Gasteiger partial charge >= 0.3 is 0 Å². The molecule has 130 valence electrons. The van der Waals surface area contributed by atoms with Crippen molar-refractivity contribution >= 4 is 0 Å². The van der Waals surface area contributed by atoms with Crippen molar-refractivity contribution in [3.63, 3.8) is 0 Å². The Balaban J connectivity index is 2.26. The zero-order chi connectivity index (χ0) is 17.1. The van der Waals surface area contributed by atoms with Crippen molar-refractivity contribution in [1.82, 2.24) is 0 Å². The van der Waals surface area contributed by atoms with Crippen LogP contribution in [0.3, 0.4) is 0 Å². The van der Waals surface area contributed by atoms with Gasteiger partial charge < -0.3 is 0 Å². The van der Waals surface area contributed by atoms with Gasteiger partial charge in [0, 0.05) is 0 Å². The molecule has 0 nitrogen and oxygen atoms in total. The maximum absolute atomic E-state index is 2.47. The van der Waals surface area contributed by atoms with Crippen molar-refractivity contribution in [2.75, 3.05) is 0 Å². The second-order valence-electron chi connectivity index (χ2n) is 7.40. The lowest BCUT2D eigenvalue weighted by atomic mass is 9.89. The van der Waals surface area contributed by atoms with Gasteiger partial charge in [-0.25, -0.2) is 0 Å². The van der Waals surface area contributed by atoms with E-state index in [1.165, 1.54) is 69.8 Å². The molecular weight excluding hydrogens is 276 g/mol. The molecule has 0 aromatic rings. The predicted octanol–water partition coefficient (Wildman–Crippen LogP) is 8.08. The lowest BCUT2D eigenvalue weighted by Gasteiger charge is -2.17. The molecule has 1 rings (SSSR count). The third-order valence-corrected chi connectivity index (χ3v) is 5.26. The van der Waals surface area contributed by atoms with Crippen LogP contribution in [0.4, 0.5) is 0 Å². The average Bonchev–Trinajstić information content (AvgIpc) is 2.54. The Bertz CT molecular complexity index is 468. The Morgan fingerprint density at radius 2 is 1.39 bits per heavy atom. The van der Waals surface area contributed by atoms with Crippen molar-refractivity contribution in [2.45, 2.75) is 98.8 Å². The molecule has 23 heavy (non-hydrogen) atoms. The second-order valence-corrected chi connectivity index (χ2v) is 7.40. The lowest BCUT2D eigenvalue weighted by Crippen LogP contribution is -1.97. The van der Waals surface area contributed by atoms with E-state index in [0.717, 1.165) is 0 Å². The smallest absolute Gasteiger partial charge is 0.0280 e. The van der Waals surface area contributed by atoms with Gasteiger partial charge in [-0.05, 0) is 98.8 Å². The topological polar surface area (TPSA) is 0 Å². The van der Waals surface area contributed by atoms with E-state index in [1.807, 2.05) is 0 Å². The summed E-state index contributed by atoms with van der Waals surface area (Å²) in [6.45, 7) is 11.3. The van der Waals surface area contributed by atoms with Gasteiger partial charge in [-0.3, -0.25) is 0 Å². The van der Waals surface area contributed by atoms with Crippen LogP contribution in [0.1, 0.15) is 98.8 Å². The molecular formula is C23H38. The van der Waals surface area contributed by atoms with Crippen molar-refractivity contribution in [3.05, 3.63) is 46.1 Å². The molecule has 0 spiro atoms. The van der Waals surface area contributed by atoms with Crippen LogP contribution in [0.5, 0.6) is 0 Å². The summed E-state index contributed by atoms with van der Waals surface area (Å²) in [6.07, 6.45) is 20.0. The van der Waals surface area contributed by atoms with E-state index >= 15 is 0 Å². The Morgan fingerprint density at radius 3 is 2.00 bits per heavy atom. The van der Waals surface area contributed by atoms with E-state index in [-0.39, 0.29) is 0 Å². The van der Waals surface area contributed by atoms with Crippen LogP contribution in [0, 0.1) is 0 Å². The highest BCUT2D eigenvalue weighted by atomic mass is 14.1. The summed E-state index contributed by atoms with van der Waals surface area (Å²) in [4.78, 5) is 0. The minimum Gasteiger partial charge on any atom is -0.0887 e. The highest BCUT2D eigenvalue weighted by Gasteiger charge is 2.08. The van der Waals surface area contributed by atoms with Crippen molar-refractivity contribution in [3.8, 4) is 0 Å². The van der Waals surface area contributed by atoms with Crippen LogP contribution < -0.4 is 0 Å². The zero-order valence-corrected chi connectivity index (χ0v) is 16.3. The highest BCUT2D eigenvalue weighted by Crippen LogP contribution is 2.28. The first-order chi connectivity index (χ1) is 11.0. The maximum Gasteiger partial charge on any atom is -0.0280 e. The van der Waals surface area contributed by atoms with Crippen LogP contribution in [0.2, 0.25) is 0 Å². The molecule has 1 aliphatic rings. The van der Waals surface area contributed by atoms with Crippen LogP contribution in [-0.2, 0) is 0 Å². The summed E-state index contributed by atoms with van der Waals surface area (Å²) in [5.41, 5.74) is 8.05. The Morgan fingerprint density at radius 1 is 0.826 bits per heavy atom. The van der Waals surface area contributed by atoms with E-state index in [9.17, 15) is 0 Å². The molecule has 0 N–H and O–H groups in total. The van der Waals surface area contributed by atoms with Crippen LogP contribution >= 0.6 is 0 Å². The molecule has 0 heterocycles. The molecule has 0 heteroatoms. The highest BCUT2D eigenvalue weighted by molar-refractivity contribution is 5.16. The van der Waals surface area contributed by atoms with E-state index in [4.69, 9.17) is 0 Å². The van der Waals surface area contributed by atoms with Gasteiger partial charge in [0.1, 0.15) is 0 Å². The minimum atomic E-state index is 1.19. The molecule has 0 saturated carbocycles. The van der Waals surface area contributed by atoms with Crippen molar-refractivity contribution in [2.24, 2.45) is 0 Å². The average molecular weight is 315 g/mol. The first kappa shape index (κ1) is 20.0. The fourth-order valence-corrected chi connectivity index (χ4v) is 3.25. The van der Waals surface area contributed by atoms with E-state index in [0.29, 0.717) is 0 Å². The van der Waals surface area contributed by atoms with Gasteiger partial charge in [0.25, 0.3) is 0 Å². The monoisotopic (exact) mass is 314 g/mol. The Hall–Kier alpha value is -1.04. The summed E-state index contributed by atoms with van der Waals surface area (Å²) in [5.74, 6) is 0. The zero-order valence-electron chi connectivity index (χ0n) is 16.3. The van der Waals surface area contributed by atoms with Gasteiger partial charge in [-0.2, -0.15) is 0 Å². The second kappa shape index (κ2) is 11.5. The summed E-state index contributed by atoms with van der Waals surface area (Å²) in [7, 11) is 0. The predicted molar refractivity (Wildman–Crippen MR) is 106 cm³/mol. The van der Waals surface area contributed by atoms with Crippen molar-refractivity contribution < 1.29 is 0 Å². The molecule has 0 amide bonds. The third kappa shape index (κ3) is 8.98. The fourth-order valence-electron chi connectivity index (χ4n) is 3.25. The number of hydrogen-bond acceptors (Lipinski definition) is 0. The molecule has 0 saturated heterocycles. The largest absolute Gasteiger partial charge is 0.0887 e. The van der Waals surface area contributed by atoms with Gasteiger partial charge in [-0.15, -0.1) is 0 Å². The van der Waals surface area contributed by atoms with Crippen LogP contribution in [0.25, 0.3) is 0 Å². The van der Waals surface area contributed by atoms with E-state index in [1.54, 1.807) is 22.3 Å². The van der Waals surface area contributed by atoms with Gasteiger partial charge in [-0.1, -0.05) is 46.1 Å². The molecule has 1 aliphatic carbocycles. The lowest BCUT2D eigenvalue weighted by molar-refractivity contribution is 0.645. The molecule has 0 radical (unpaired) electrons. The molecule has 0 atom stereocenters.